The van der Waals surface area contributed by atoms with Gasteiger partial charge in [-0.3, -0.25) is 0 Å². The van der Waals surface area contributed by atoms with Crippen LogP contribution in [0.25, 0.3) is 0 Å². The normalized spacial score (nSPS) is 14.1. The third-order valence-electron chi connectivity index (χ3n) is 2.37. The fourth-order valence-electron chi connectivity index (χ4n) is 1.16. The van der Waals surface area contributed by atoms with Crippen molar-refractivity contribution in [2.45, 2.75) is 25.6 Å². The Morgan fingerprint density at radius 1 is 1.29 bits per heavy atom. The third-order valence-corrected chi connectivity index (χ3v) is 2.37. The first kappa shape index (κ1) is 11.1. The third kappa shape index (κ3) is 2.30. The molecular formula is C11H15FO2. The summed E-state index contributed by atoms with van der Waals surface area (Å²) in [5.41, 5.74) is -0.0177. The molecule has 0 aromatic heterocycles. The molecule has 1 unspecified atom stereocenters. The van der Waals surface area contributed by atoms with E-state index in [1.807, 2.05) is 0 Å². The fourth-order valence-corrected chi connectivity index (χ4v) is 1.16. The number of ether oxygens (including phenoxy) is 1. The van der Waals surface area contributed by atoms with Gasteiger partial charge < -0.3 is 9.84 Å². The summed E-state index contributed by atoms with van der Waals surface area (Å²) >= 11 is 0. The van der Waals surface area contributed by atoms with Crippen molar-refractivity contribution in [2.75, 3.05) is 7.11 Å². The minimum atomic E-state index is -0.756. The van der Waals surface area contributed by atoms with Gasteiger partial charge in [0.05, 0.1) is 5.60 Å². The molecule has 2 nitrogen and oxygen atoms in total. The topological polar surface area (TPSA) is 29.5 Å². The fraction of sp³-hybridized carbons (Fsp3) is 0.455. The zero-order valence-electron chi connectivity index (χ0n) is 8.62. The molecule has 78 valence electrons. The maximum absolute atomic E-state index is 12.6. The first-order valence-electron chi connectivity index (χ1n) is 4.46. The summed E-state index contributed by atoms with van der Waals surface area (Å²) in [4.78, 5) is 0. The molecule has 0 bridgehead atoms. The summed E-state index contributed by atoms with van der Waals surface area (Å²) < 4.78 is 17.8. The summed E-state index contributed by atoms with van der Waals surface area (Å²) in [6.07, 6.45) is -0.756. The summed E-state index contributed by atoms with van der Waals surface area (Å²) in [7, 11) is 1.53. The van der Waals surface area contributed by atoms with Gasteiger partial charge in [0.25, 0.3) is 0 Å². The molecule has 1 atom stereocenters. The van der Waals surface area contributed by atoms with E-state index in [0.29, 0.717) is 5.56 Å². The van der Waals surface area contributed by atoms with E-state index < -0.39 is 11.7 Å². The Labute approximate surface area is 83.3 Å². The average molecular weight is 198 g/mol. The zero-order chi connectivity index (χ0) is 10.8. The number of hydrogen-bond donors (Lipinski definition) is 1. The number of aliphatic hydroxyl groups is 1. The highest BCUT2D eigenvalue weighted by Crippen LogP contribution is 2.27. The summed E-state index contributed by atoms with van der Waals surface area (Å²) in [6, 6.07) is 5.76. The minimum absolute atomic E-state index is 0.309. The number of hydrogen-bond acceptors (Lipinski definition) is 2. The van der Waals surface area contributed by atoms with Crippen molar-refractivity contribution >= 4 is 0 Å². The molecule has 3 heteroatoms. The Kier molecular flexibility index (Phi) is 3.24. The lowest BCUT2D eigenvalue weighted by Crippen LogP contribution is -2.31. The van der Waals surface area contributed by atoms with Gasteiger partial charge >= 0.3 is 0 Å². The quantitative estimate of drug-likeness (QED) is 0.807. The molecule has 0 spiro atoms. The zero-order valence-corrected chi connectivity index (χ0v) is 8.62. The second-order valence-electron chi connectivity index (χ2n) is 3.76. The molecule has 0 saturated heterocycles. The van der Waals surface area contributed by atoms with Crippen LogP contribution >= 0.6 is 0 Å². The molecule has 1 N–H and O–H groups in total. The molecule has 0 aliphatic carbocycles. The van der Waals surface area contributed by atoms with E-state index in [-0.39, 0.29) is 5.82 Å². The molecule has 0 aliphatic rings. The maximum Gasteiger partial charge on any atom is 0.123 e. The average Bonchev–Trinajstić information content (AvgIpc) is 2.18. The van der Waals surface area contributed by atoms with Gasteiger partial charge in [0.15, 0.2) is 0 Å². The first-order valence-corrected chi connectivity index (χ1v) is 4.46. The highest BCUT2D eigenvalue weighted by Gasteiger charge is 2.28. The van der Waals surface area contributed by atoms with Crippen LogP contribution in [-0.2, 0) is 4.74 Å². The molecular weight excluding hydrogens is 183 g/mol. The Morgan fingerprint density at radius 2 is 1.79 bits per heavy atom. The molecule has 0 saturated carbocycles. The largest absolute Gasteiger partial charge is 0.385 e. The van der Waals surface area contributed by atoms with Gasteiger partial charge in [-0.05, 0) is 31.5 Å². The van der Waals surface area contributed by atoms with E-state index in [9.17, 15) is 9.50 Å². The second-order valence-corrected chi connectivity index (χ2v) is 3.76. The molecule has 0 aliphatic heterocycles. The lowest BCUT2D eigenvalue weighted by molar-refractivity contribution is -0.0793. The Morgan fingerprint density at radius 3 is 2.21 bits per heavy atom. The van der Waals surface area contributed by atoms with E-state index in [4.69, 9.17) is 4.74 Å². The van der Waals surface area contributed by atoms with Crippen LogP contribution in [0.2, 0.25) is 0 Å². The van der Waals surface area contributed by atoms with E-state index in [1.165, 1.54) is 19.2 Å². The van der Waals surface area contributed by atoms with Crippen LogP contribution in [0.5, 0.6) is 0 Å². The van der Waals surface area contributed by atoms with Crippen molar-refractivity contribution < 1.29 is 14.2 Å². The first-order chi connectivity index (χ1) is 6.47. The Bertz CT molecular complexity index is 293. The van der Waals surface area contributed by atoms with Gasteiger partial charge in [0, 0.05) is 7.11 Å². The number of halogens is 1. The predicted molar refractivity (Wildman–Crippen MR) is 52.4 cm³/mol. The lowest BCUT2D eigenvalue weighted by Gasteiger charge is -2.29. The SMILES string of the molecule is COC(C)(C)C(O)c1ccc(F)cc1. The van der Waals surface area contributed by atoms with E-state index in [0.717, 1.165) is 0 Å². The van der Waals surface area contributed by atoms with Crippen LogP contribution < -0.4 is 0 Å². The number of methoxy groups -OCH3 is 1. The van der Waals surface area contributed by atoms with Crippen LogP contribution in [0.1, 0.15) is 25.5 Å². The van der Waals surface area contributed by atoms with Gasteiger partial charge in [-0.2, -0.15) is 0 Å². The Balaban J connectivity index is 2.89. The number of rotatable bonds is 3. The molecule has 0 amide bonds. The number of benzene rings is 1. The predicted octanol–water partition coefficient (Wildman–Crippen LogP) is 2.28. The summed E-state index contributed by atoms with van der Waals surface area (Å²) in [6.45, 7) is 3.56. The summed E-state index contributed by atoms with van der Waals surface area (Å²) in [5, 5.41) is 9.89. The highest BCUT2D eigenvalue weighted by atomic mass is 19.1. The van der Waals surface area contributed by atoms with Crippen molar-refractivity contribution in [1.29, 1.82) is 0 Å². The standard InChI is InChI=1S/C11H15FO2/c1-11(2,14-3)10(13)8-4-6-9(12)7-5-8/h4-7,10,13H,1-3H3. The van der Waals surface area contributed by atoms with Crippen LogP contribution in [0.15, 0.2) is 24.3 Å². The van der Waals surface area contributed by atoms with Crippen LogP contribution in [0.4, 0.5) is 4.39 Å². The van der Waals surface area contributed by atoms with Crippen LogP contribution in [0, 0.1) is 5.82 Å². The maximum atomic E-state index is 12.6. The molecule has 1 aromatic carbocycles. The van der Waals surface area contributed by atoms with Crippen molar-refractivity contribution in [3.05, 3.63) is 35.6 Å². The smallest absolute Gasteiger partial charge is 0.123 e. The summed E-state index contributed by atoms with van der Waals surface area (Å²) in [5.74, 6) is -0.309. The lowest BCUT2D eigenvalue weighted by atomic mass is 9.95. The number of aliphatic hydroxyl groups excluding tert-OH is 1. The molecule has 1 rings (SSSR count). The molecule has 1 aromatic rings. The molecule has 0 radical (unpaired) electrons. The van der Waals surface area contributed by atoms with Gasteiger partial charge in [-0.25, -0.2) is 4.39 Å². The van der Waals surface area contributed by atoms with Crippen molar-refractivity contribution in [2.24, 2.45) is 0 Å². The molecule has 14 heavy (non-hydrogen) atoms. The van der Waals surface area contributed by atoms with E-state index >= 15 is 0 Å². The van der Waals surface area contributed by atoms with Gasteiger partial charge in [-0.15, -0.1) is 0 Å². The van der Waals surface area contributed by atoms with Crippen molar-refractivity contribution in [3.63, 3.8) is 0 Å². The highest BCUT2D eigenvalue weighted by molar-refractivity contribution is 5.20. The monoisotopic (exact) mass is 198 g/mol. The molecule has 0 heterocycles. The van der Waals surface area contributed by atoms with Crippen LogP contribution in [0.3, 0.4) is 0 Å². The molecule has 0 fully saturated rings. The van der Waals surface area contributed by atoms with Crippen LogP contribution in [-0.4, -0.2) is 17.8 Å². The van der Waals surface area contributed by atoms with Gasteiger partial charge in [-0.1, -0.05) is 12.1 Å². The van der Waals surface area contributed by atoms with Crippen molar-refractivity contribution in [1.82, 2.24) is 0 Å². The second kappa shape index (κ2) is 4.07. The van der Waals surface area contributed by atoms with Gasteiger partial charge in [0.2, 0.25) is 0 Å². The van der Waals surface area contributed by atoms with Gasteiger partial charge in [0.1, 0.15) is 11.9 Å². The van der Waals surface area contributed by atoms with E-state index in [1.54, 1.807) is 26.0 Å². The van der Waals surface area contributed by atoms with E-state index in [2.05, 4.69) is 0 Å². The minimum Gasteiger partial charge on any atom is -0.385 e. The Hall–Kier alpha value is -0.930. The van der Waals surface area contributed by atoms with Crippen molar-refractivity contribution in [3.8, 4) is 0 Å².